The summed E-state index contributed by atoms with van der Waals surface area (Å²) in [4.78, 5) is 11.8. The van der Waals surface area contributed by atoms with Crippen LogP contribution in [0.4, 0.5) is 5.82 Å². The van der Waals surface area contributed by atoms with E-state index in [1.54, 1.807) is 0 Å². The Labute approximate surface area is 164 Å². The van der Waals surface area contributed by atoms with Gasteiger partial charge in [0.1, 0.15) is 5.82 Å². The Morgan fingerprint density at radius 2 is 1.64 bits per heavy atom. The second-order valence-electron chi connectivity index (χ2n) is 7.04. The standard InChI is InChI=1S/C22H23N5O/c1-15(23)28-22(24)17-7-5-16(6-8-17)18-9-10-19-20(13-18)26-21(14-25-19)27-11-3-2-4-12-27/h5-10,13-14,23-24H,2-4,11-12H2,1H3. The Bertz CT molecular complexity index is 1020. The summed E-state index contributed by atoms with van der Waals surface area (Å²) in [6, 6.07) is 13.7. The van der Waals surface area contributed by atoms with Gasteiger partial charge in [0.25, 0.3) is 0 Å². The summed E-state index contributed by atoms with van der Waals surface area (Å²) in [6.07, 6.45) is 5.59. The van der Waals surface area contributed by atoms with Crippen molar-refractivity contribution in [1.29, 1.82) is 10.8 Å². The summed E-state index contributed by atoms with van der Waals surface area (Å²) in [7, 11) is 0. The van der Waals surface area contributed by atoms with Crippen LogP contribution in [0.2, 0.25) is 0 Å². The number of nitrogens with zero attached hydrogens (tertiary/aromatic N) is 3. The lowest BCUT2D eigenvalue weighted by molar-refractivity contribution is 0.532. The first-order valence-electron chi connectivity index (χ1n) is 9.54. The van der Waals surface area contributed by atoms with Crippen molar-refractivity contribution in [2.24, 2.45) is 0 Å². The van der Waals surface area contributed by atoms with Crippen molar-refractivity contribution >= 4 is 28.6 Å². The Balaban J connectivity index is 1.61. The zero-order valence-electron chi connectivity index (χ0n) is 15.9. The van der Waals surface area contributed by atoms with Crippen molar-refractivity contribution < 1.29 is 4.74 Å². The molecule has 0 unspecified atom stereocenters. The molecule has 1 aliphatic heterocycles. The molecule has 0 radical (unpaired) electrons. The number of piperidine rings is 1. The number of hydrogen-bond donors (Lipinski definition) is 2. The van der Waals surface area contributed by atoms with Gasteiger partial charge in [0, 0.05) is 25.6 Å². The Morgan fingerprint density at radius 1 is 0.929 bits per heavy atom. The second-order valence-corrected chi connectivity index (χ2v) is 7.04. The van der Waals surface area contributed by atoms with Gasteiger partial charge in [-0.05, 0) is 54.7 Å². The van der Waals surface area contributed by atoms with Crippen LogP contribution in [0.5, 0.6) is 0 Å². The Kier molecular flexibility index (Phi) is 5.02. The van der Waals surface area contributed by atoms with E-state index in [-0.39, 0.29) is 11.8 Å². The number of anilines is 1. The SMILES string of the molecule is CC(=N)OC(=N)c1ccc(-c2ccc3ncc(N4CCCCC4)nc3c2)cc1. The van der Waals surface area contributed by atoms with Gasteiger partial charge < -0.3 is 9.64 Å². The maximum absolute atomic E-state index is 7.88. The Morgan fingerprint density at radius 3 is 2.36 bits per heavy atom. The molecule has 2 heterocycles. The van der Waals surface area contributed by atoms with Gasteiger partial charge in [-0.15, -0.1) is 0 Å². The van der Waals surface area contributed by atoms with Crippen molar-refractivity contribution in [3.8, 4) is 11.1 Å². The van der Waals surface area contributed by atoms with Crippen LogP contribution in [0.15, 0.2) is 48.7 Å². The molecule has 6 nitrogen and oxygen atoms in total. The number of rotatable bonds is 3. The van der Waals surface area contributed by atoms with Crippen molar-refractivity contribution in [3.63, 3.8) is 0 Å². The molecule has 0 atom stereocenters. The van der Waals surface area contributed by atoms with Gasteiger partial charge in [0.2, 0.25) is 5.90 Å². The minimum absolute atomic E-state index is 0.00619. The zero-order chi connectivity index (χ0) is 19.5. The average molecular weight is 373 g/mol. The van der Waals surface area contributed by atoms with E-state index in [0.29, 0.717) is 5.56 Å². The Hall–Kier alpha value is -3.28. The highest BCUT2D eigenvalue weighted by Crippen LogP contribution is 2.25. The van der Waals surface area contributed by atoms with Gasteiger partial charge in [-0.3, -0.25) is 15.8 Å². The maximum atomic E-state index is 7.88. The molecule has 4 rings (SSSR count). The molecule has 1 aromatic heterocycles. The van der Waals surface area contributed by atoms with Crippen LogP contribution in [0.25, 0.3) is 22.2 Å². The highest BCUT2D eigenvalue weighted by molar-refractivity contribution is 5.99. The third kappa shape index (κ3) is 3.86. The normalized spacial score (nSPS) is 14.1. The summed E-state index contributed by atoms with van der Waals surface area (Å²) in [5.74, 6) is 0.939. The number of benzene rings is 2. The van der Waals surface area contributed by atoms with Gasteiger partial charge in [-0.2, -0.15) is 0 Å². The first-order valence-corrected chi connectivity index (χ1v) is 9.54. The molecule has 28 heavy (non-hydrogen) atoms. The maximum Gasteiger partial charge on any atom is 0.220 e. The lowest BCUT2D eigenvalue weighted by atomic mass is 10.0. The number of nitrogens with one attached hydrogen (secondary N) is 2. The molecule has 3 aromatic rings. The van der Waals surface area contributed by atoms with Crippen LogP contribution in [0, 0.1) is 10.8 Å². The minimum Gasteiger partial charge on any atom is -0.426 e. The lowest BCUT2D eigenvalue weighted by Gasteiger charge is -2.27. The van der Waals surface area contributed by atoms with Gasteiger partial charge in [0.05, 0.1) is 17.2 Å². The molecule has 0 bridgehead atoms. The average Bonchev–Trinajstić information content (AvgIpc) is 2.73. The highest BCUT2D eigenvalue weighted by Gasteiger charge is 2.13. The van der Waals surface area contributed by atoms with Crippen molar-refractivity contribution in [1.82, 2.24) is 9.97 Å². The molecule has 6 heteroatoms. The predicted octanol–water partition coefficient (Wildman–Crippen LogP) is 4.63. The molecule has 0 amide bonds. The lowest BCUT2D eigenvalue weighted by Crippen LogP contribution is -2.30. The van der Waals surface area contributed by atoms with Crippen molar-refractivity contribution in [2.75, 3.05) is 18.0 Å². The summed E-state index contributed by atoms with van der Waals surface area (Å²) >= 11 is 0. The fourth-order valence-corrected chi connectivity index (χ4v) is 3.48. The summed E-state index contributed by atoms with van der Waals surface area (Å²) in [6.45, 7) is 3.60. The quantitative estimate of drug-likeness (QED) is 0.518. The van der Waals surface area contributed by atoms with E-state index in [1.165, 1.54) is 26.2 Å². The van der Waals surface area contributed by atoms with E-state index in [4.69, 9.17) is 20.5 Å². The molecular formula is C22H23N5O. The molecule has 2 N–H and O–H groups in total. The monoisotopic (exact) mass is 373 g/mol. The van der Waals surface area contributed by atoms with E-state index < -0.39 is 0 Å². The van der Waals surface area contributed by atoms with E-state index >= 15 is 0 Å². The predicted molar refractivity (Wildman–Crippen MR) is 112 cm³/mol. The van der Waals surface area contributed by atoms with Crippen molar-refractivity contribution in [2.45, 2.75) is 26.2 Å². The highest BCUT2D eigenvalue weighted by atomic mass is 16.5. The second kappa shape index (κ2) is 7.76. The number of aromatic nitrogens is 2. The van der Waals surface area contributed by atoms with Crippen molar-refractivity contribution in [3.05, 3.63) is 54.2 Å². The molecule has 0 spiro atoms. The molecule has 2 aromatic carbocycles. The molecule has 1 fully saturated rings. The van der Waals surface area contributed by atoms with E-state index in [1.807, 2.05) is 42.6 Å². The van der Waals surface area contributed by atoms with Gasteiger partial charge in [-0.25, -0.2) is 4.98 Å². The molecule has 142 valence electrons. The van der Waals surface area contributed by atoms with E-state index in [0.717, 1.165) is 41.1 Å². The molecule has 1 saturated heterocycles. The first kappa shape index (κ1) is 18.1. The number of hydrogen-bond acceptors (Lipinski definition) is 6. The van der Waals surface area contributed by atoms with Crippen LogP contribution >= 0.6 is 0 Å². The van der Waals surface area contributed by atoms with E-state index in [9.17, 15) is 0 Å². The topological polar surface area (TPSA) is 85.9 Å². The number of fused-ring (bicyclic) bond motifs is 1. The molecular weight excluding hydrogens is 350 g/mol. The third-order valence-corrected chi connectivity index (χ3v) is 4.95. The largest absolute Gasteiger partial charge is 0.426 e. The smallest absolute Gasteiger partial charge is 0.220 e. The van der Waals surface area contributed by atoms with Gasteiger partial charge in [0.15, 0.2) is 5.90 Å². The fourth-order valence-electron chi connectivity index (χ4n) is 3.48. The zero-order valence-corrected chi connectivity index (χ0v) is 15.9. The summed E-state index contributed by atoms with van der Waals surface area (Å²) < 4.78 is 5.05. The summed E-state index contributed by atoms with van der Waals surface area (Å²) in [5, 5.41) is 15.2. The fraction of sp³-hybridized carbons (Fsp3) is 0.273. The van der Waals surface area contributed by atoms with Crippen LogP contribution in [0.1, 0.15) is 31.7 Å². The summed E-state index contributed by atoms with van der Waals surface area (Å²) in [5.41, 5.74) is 4.51. The van der Waals surface area contributed by atoms with E-state index in [2.05, 4.69) is 16.0 Å². The number of ether oxygens (including phenoxy) is 1. The third-order valence-electron chi connectivity index (χ3n) is 4.95. The molecule has 0 saturated carbocycles. The van der Waals surface area contributed by atoms with Gasteiger partial charge in [-0.1, -0.05) is 18.2 Å². The van der Waals surface area contributed by atoms with Gasteiger partial charge >= 0.3 is 0 Å². The van der Waals surface area contributed by atoms with Crippen LogP contribution in [-0.2, 0) is 4.74 Å². The molecule has 1 aliphatic rings. The first-order chi connectivity index (χ1) is 13.6. The minimum atomic E-state index is -0.0189. The van der Waals surface area contributed by atoms with Crippen LogP contribution in [-0.4, -0.2) is 34.9 Å². The van der Waals surface area contributed by atoms with Crippen LogP contribution in [0.3, 0.4) is 0 Å². The molecule has 0 aliphatic carbocycles. The van der Waals surface area contributed by atoms with Crippen LogP contribution < -0.4 is 4.90 Å².